The molecule has 0 aliphatic carbocycles. The van der Waals surface area contributed by atoms with Gasteiger partial charge >= 0.3 is 0 Å². The third-order valence-corrected chi connectivity index (χ3v) is 2.54. The summed E-state index contributed by atoms with van der Waals surface area (Å²) in [6.45, 7) is 7.40. The Hall–Kier alpha value is -1.16. The number of nitrogens with zero attached hydrogens (tertiary/aromatic N) is 3. The number of aromatic nitrogens is 3. The minimum atomic E-state index is 0. The molecule has 0 unspecified atom stereocenters. The molecule has 0 spiro atoms. The first-order chi connectivity index (χ1) is 7.55. The van der Waals surface area contributed by atoms with Gasteiger partial charge in [0.2, 0.25) is 6.33 Å². The topological polar surface area (TPSA) is 21.7 Å². The molecule has 4 heteroatoms. The van der Waals surface area contributed by atoms with Crippen molar-refractivity contribution in [1.29, 1.82) is 0 Å². The van der Waals surface area contributed by atoms with Crippen LogP contribution in [-0.2, 0) is 12.1 Å². The van der Waals surface area contributed by atoms with Crippen LogP contribution in [0, 0.1) is 0 Å². The normalized spacial score (nSPS) is 11.0. The second kappa shape index (κ2) is 5.45. The Bertz CT molecular complexity index is 457. The molecule has 0 saturated carbocycles. The van der Waals surface area contributed by atoms with Gasteiger partial charge in [-0.2, -0.15) is 0 Å². The quantitative estimate of drug-likeness (QED) is 0.650. The molecule has 0 aliphatic heterocycles. The van der Waals surface area contributed by atoms with Crippen LogP contribution in [0.4, 0.5) is 0 Å². The molecule has 2 aromatic heterocycles. The van der Waals surface area contributed by atoms with Gasteiger partial charge in [0.1, 0.15) is 24.5 Å². The monoisotopic (exact) mass is 295 g/mol. The van der Waals surface area contributed by atoms with Crippen LogP contribution in [0.3, 0.4) is 0 Å². The number of imidazole rings is 1. The van der Waals surface area contributed by atoms with Crippen molar-refractivity contribution in [2.45, 2.75) is 32.9 Å². The number of rotatable bonds is 2. The Morgan fingerprint density at radius 3 is 2.59 bits per heavy atom. The van der Waals surface area contributed by atoms with Crippen molar-refractivity contribution in [3.8, 4) is 0 Å². The largest absolute Gasteiger partial charge is 1.00 e. The van der Waals surface area contributed by atoms with E-state index >= 15 is 0 Å². The van der Waals surface area contributed by atoms with Gasteiger partial charge in [0.25, 0.3) is 0 Å². The molecule has 0 aliphatic rings. The van der Waals surface area contributed by atoms with Gasteiger partial charge in [-0.05, 0) is 32.9 Å². The van der Waals surface area contributed by atoms with Crippen LogP contribution >= 0.6 is 0 Å². The molecule has 0 radical (unpaired) electrons. The molecule has 2 rings (SSSR count). The molecule has 17 heavy (non-hydrogen) atoms. The van der Waals surface area contributed by atoms with E-state index in [1.54, 1.807) is 0 Å². The van der Waals surface area contributed by atoms with Crippen LogP contribution in [0.5, 0.6) is 0 Å². The zero-order valence-corrected chi connectivity index (χ0v) is 12.1. The summed E-state index contributed by atoms with van der Waals surface area (Å²) < 4.78 is 4.35. The molecule has 0 bridgehead atoms. The molecule has 3 nitrogen and oxygen atoms in total. The molecule has 0 N–H and O–H groups in total. The van der Waals surface area contributed by atoms with Gasteiger partial charge in [-0.25, -0.2) is 9.13 Å². The number of hydrogen-bond acceptors (Lipinski definition) is 1. The summed E-state index contributed by atoms with van der Waals surface area (Å²) in [7, 11) is 0. The van der Waals surface area contributed by atoms with Gasteiger partial charge in [0, 0.05) is 6.20 Å². The van der Waals surface area contributed by atoms with Gasteiger partial charge in [-0.15, -0.1) is 0 Å². The van der Waals surface area contributed by atoms with Crippen molar-refractivity contribution >= 4 is 0 Å². The molecular weight excluding hydrogens is 278 g/mol. The lowest BCUT2D eigenvalue weighted by Crippen LogP contribution is -3.00. The van der Waals surface area contributed by atoms with Crippen molar-refractivity contribution in [2.75, 3.05) is 0 Å². The summed E-state index contributed by atoms with van der Waals surface area (Å²) >= 11 is 0. The summed E-state index contributed by atoms with van der Waals surface area (Å²) in [5.41, 5.74) is 1.22. The maximum Gasteiger partial charge on any atom is 0.244 e. The van der Waals surface area contributed by atoms with Crippen molar-refractivity contribution < 1.29 is 21.5 Å². The van der Waals surface area contributed by atoms with E-state index < -0.39 is 0 Å². The number of hydrogen-bond donors (Lipinski definition) is 0. The minimum absolute atomic E-state index is 0. The first-order valence-corrected chi connectivity index (χ1v) is 5.53. The number of pyridine rings is 1. The molecule has 2 heterocycles. The van der Waals surface area contributed by atoms with E-state index in [0.717, 1.165) is 12.2 Å². The summed E-state index contributed by atoms with van der Waals surface area (Å²) in [5, 5.41) is 0. The highest BCUT2D eigenvalue weighted by atomic mass is 79.9. The van der Waals surface area contributed by atoms with E-state index in [4.69, 9.17) is 0 Å². The zero-order chi connectivity index (χ0) is 11.6. The average molecular weight is 296 g/mol. The third-order valence-electron chi connectivity index (χ3n) is 2.54. The Kier molecular flexibility index (Phi) is 4.46. The van der Waals surface area contributed by atoms with E-state index in [2.05, 4.69) is 53.6 Å². The second-order valence-electron chi connectivity index (χ2n) is 4.99. The third kappa shape index (κ3) is 3.66. The maximum atomic E-state index is 4.32. The van der Waals surface area contributed by atoms with Crippen molar-refractivity contribution in [3.63, 3.8) is 0 Å². The van der Waals surface area contributed by atoms with Crippen LogP contribution < -0.4 is 21.5 Å². The van der Waals surface area contributed by atoms with Gasteiger partial charge in [-0.1, -0.05) is 6.07 Å². The zero-order valence-electron chi connectivity index (χ0n) is 10.5. The van der Waals surface area contributed by atoms with Gasteiger partial charge in [0.05, 0.1) is 5.69 Å². The highest BCUT2D eigenvalue weighted by Gasteiger charge is 2.18. The summed E-state index contributed by atoms with van der Waals surface area (Å²) in [6.07, 6.45) is 8.13. The Morgan fingerprint density at radius 2 is 2.06 bits per heavy atom. The van der Waals surface area contributed by atoms with Crippen LogP contribution in [0.25, 0.3) is 0 Å². The summed E-state index contributed by atoms with van der Waals surface area (Å²) in [5.74, 6) is 0. The van der Waals surface area contributed by atoms with E-state index in [-0.39, 0.29) is 22.5 Å². The SMILES string of the molecule is CC(C)(C)n1cc[n+](Cc2ccccn2)c1.[Br-]. The molecule has 2 aromatic rings. The van der Waals surface area contributed by atoms with Crippen molar-refractivity contribution in [3.05, 3.63) is 48.8 Å². The highest BCUT2D eigenvalue weighted by molar-refractivity contribution is 5.01. The molecular formula is C13H18BrN3. The Morgan fingerprint density at radius 1 is 1.29 bits per heavy atom. The molecule has 0 atom stereocenters. The Labute approximate surface area is 113 Å². The van der Waals surface area contributed by atoms with Crippen LogP contribution in [0.2, 0.25) is 0 Å². The summed E-state index contributed by atoms with van der Waals surface area (Å²) in [4.78, 5) is 4.32. The van der Waals surface area contributed by atoms with E-state index in [1.165, 1.54) is 0 Å². The molecule has 92 valence electrons. The summed E-state index contributed by atoms with van der Waals surface area (Å²) in [6, 6.07) is 6.00. The number of halogens is 1. The maximum absolute atomic E-state index is 4.32. The van der Waals surface area contributed by atoms with Crippen LogP contribution in [0.1, 0.15) is 26.5 Å². The van der Waals surface area contributed by atoms with Gasteiger partial charge in [0.15, 0.2) is 0 Å². The van der Waals surface area contributed by atoms with Crippen LogP contribution in [-0.4, -0.2) is 9.55 Å². The fourth-order valence-electron chi connectivity index (χ4n) is 1.56. The standard InChI is InChI=1S/C13H18N3.BrH/c1-13(2,3)16-9-8-15(11-16)10-12-6-4-5-7-14-12;/h4-9,11H,10H2,1-3H3;1H/q+1;/p-1. The lowest BCUT2D eigenvalue weighted by Gasteiger charge is -2.13. The van der Waals surface area contributed by atoms with Crippen LogP contribution in [0.15, 0.2) is 43.1 Å². The van der Waals surface area contributed by atoms with Crippen molar-refractivity contribution in [1.82, 2.24) is 9.55 Å². The molecule has 0 fully saturated rings. The lowest BCUT2D eigenvalue weighted by molar-refractivity contribution is -0.688. The molecule has 0 saturated heterocycles. The van der Waals surface area contributed by atoms with Gasteiger partial charge in [-0.3, -0.25) is 4.98 Å². The van der Waals surface area contributed by atoms with Crippen molar-refractivity contribution in [2.24, 2.45) is 0 Å². The Balaban J connectivity index is 0.00000144. The van der Waals surface area contributed by atoms with E-state index in [9.17, 15) is 0 Å². The first-order valence-electron chi connectivity index (χ1n) is 5.53. The molecule has 0 amide bonds. The average Bonchev–Trinajstić information content (AvgIpc) is 2.67. The highest BCUT2D eigenvalue weighted by Crippen LogP contribution is 2.11. The lowest BCUT2D eigenvalue weighted by atomic mass is 10.1. The first kappa shape index (κ1) is 13.9. The predicted octanol–water partition coefficient (Wildman–Crippen LogP) is -1.02. The van der Waals surface area contributed by atoms with E-state index in [1.807, 2.05) is 24.4 Å². The van der Waals surface area contributed by atoms with Gasteiger partial charge < -0.3 is 17.0 Å². The smallest absolute Gasteiger partial charge is 0.244 e. The molecule has 0 aromatic carbocycles. The minimum Gasteiger partial charge on any atom is -1.00 e. The fourth-order valence-corrected chi connectivity index (χ4v) is 1.56. The predicted molar refractivity (Wildman–Crippen MR) is 63.0 cm³/mol. The van der Waals surface area contributed by atoms with E-state index in [0.29, 0.717) is 0 Å². The second-order valence-corrected chi connectivity index (χ2v) is 4.99. The fraction of sp³-hybridized carbons (Fsp3) is 0.385.